The molecule has 4 heteroatoms. The van der Waals surface area contributed by atoms with E-state index >= 15 is 0 Å². The van der Waals surface area contributed by atoms with Gasteiger partial charge in [0.15, 0.2) is 0 Å². The second-order valence-corrected chi connectivity index (χ2v) is 5.89. The van der Waals surface area contributed by atoms with E-state index in [0.717, 1.165) is 26.0 Å². The van der Waals surface area contributed by atoms with E-state index in [2.05, 4.69) is 19.3 Å². The van der Waals surface area contributed by atoms with Crippen molar-refractivity contribution in [3.05, 3.63) is 0 Å². The van der Waals surface area contributed by atoms with Crippen LogP contribution in [0.15, 0.2) is 0 Å². The summed E-state index contributed by atoms with van der Waals surface area (Å²) in [7, 11) is 0. The molecule has 128 valence electrons. The van der Waals surface area contributed by atoms with Crippen molar-refractivity contribution >= 4 is 0 Å². The quantitative estimate of drug-likeness (QED) is 0.228. The maximum Gasteiger partial charge on any atom is 0.0966 e. The summed E-state index contributed by atoms with van der Waals surface area (Å²) in [5, 5.41) is 10.7. The molecule has 0 aliphatic rings. The van der Waals surface area contributed by atoms with Crippen LogP contribution in [0.4, 0.5) is 0 Å². The highest BCUT2D eigenvalue weighted by Gasteiger charge is 2.04. The normalized spacial score (nSPS) is 11.4. The molecule has 0 bridgehead atoms. The summed E-state index contributed by atoms with van der Waals surface area (Å²) in [5.41, 5.74) is 2.20. The molecule has 0 fully saturated rings. The van der Waals surface area contributed by atoms with Crippen LogP contribution in [0.2, 0.25) is 0 Å². The fraction of sp³-hybridized carbons (Fsp3) is 1.00. The summed E-state index contributed by atoms with van der Waals surface area (Å²) in [4.78, 5) is 5.73. The molecule has 0 aromatic carbocycles. The summed E-state index contributed by atoms with van der Waals surface area (Å²) in [6.45, 7) is 6.54. The molecule has 0 aromatic rings. The van der Waals surface area contributed by atoms with E-state index in [1.807, 2.05) is 5.06 Å². The molecule has 0 heterocycles. The largest absolute Gasteiger partial charge is 0.315 e. The maximum atomic E-state index is 8.83. The van der Waals surface area contributed by atoms with Gasteiger partial charge in [0.05, 0.1) is 13.3 Å². The van der Waals surface area contributed by atoms with Gasteiger partial charge in [-0.2, -0.15) is 10.5 Å². The van der Waals surface area contributed by atoms with E-state index in [1.165, 1.54) is 64.2 Å². The molecule has 2 N–H and O–H groups in total. The van der Waals surface area contributed by atoms with Gasteiger partial charge in [-0.25, -0.2) is 0 Å². The van der Waals surface area contributed by atoms with Gasteiger partial charge in [-0.15, -0.1) is 0 Å². The lowest BCUT2D eigenvalue weighted by molar-refractivity contribution is -0.178. The first-order valence-electron chi connectivity index (χ1n) is 9.10. The first-order valence-corrected chi connectivity index (χ1v) is 9.10. The zero-order valence-corrected chi connectivity index (χ0v) is 14.4. The van der Waals surface area contributed by atoms with Crippen LogP contribution < -0.4 is 5.48 Å². The summed E-state index contributed by atoms with van der Waals surface area (Å²) < 4.78 is 0. The highest BCUT2D eigenvalue weighted by molar-refractivity contribution is 4.48. The minimum absolute atomic E-state index is 0.393. The van der Waals surface area contributed by atoms with Crippen LogP contribution in [-0.4, -0.2) is 30.1 Å². The molecule has 0 aliphatic carbocycles. The molecule has 0 saturated carbocycles. The minimum Gasteiger partial charge on any atom is -0.315 e. The Morgan fingerprint density at radius 1 is 0.762 bits per heavy atom. The Hall–Kier alpha value is -0.160. The van der Waals surface area contributed by atoms with Gasteiger partial charge in [-0.3, -0.25) is 4.84 Å². The van der Waals surface area contributed by atoms with Crippen LogP contribution in [0.3, 0.4) is 0 Å². The van der Waals surface area contributed by atoms with E-state index in [1.54, 1.807) is 0 Å². The Kier molecular flexibility index (Phi) is 17.8. The van der Waals surface area contributed by atoms with E-state index in [-0.39, 0.29) is 0 Å². The fourth-order valence-corrected chi connectivity index (χ4v) is 2.41. The van der Waals surface area contributed by atoms with Crippen LogP contribution in [0, 0.1) is 0 Å². The van der Waals surface area contributed by atoms with E-state index < -0.39 is 0 Å². The molecule has 0 saturated heterocycles. The second-order valence-electron chi connectivity index (χ2n) is 5.89. The van der Waals surface area contributed by atoms with Crippen molar-refractivity contribution in [1.29, 1.82) is 0 Å². The lowest BCUT2D eigenvalue weighted by Crippen LogP contribution is -2.34. The second kappa shape index (κ2) is 17.9. The molecular formula is C17H38N2O2. The van der Waals surface area contributed by atoms with Crippen LogP contribution in [-0.2, 0) is 4.84 Å². The number of rotatable bonds is 17. The predicted octanol–water partition coefficient (Wildman–Crippen LogP) is 4.88. The molecule has 0 aromatic heterocycles. The summed E-state index contributed by atoms with van der Waals surface area (Å²) in [5.74, 6) is 0. The van der Waals surface area contributed by atoms with Crippen molar-refractivity contribution < 1.29 is 10.0 Å². The highest BCUT2D eigenvalue weighted by atomic mass is 16.7. The minimum atomic E-state index is 0.393. The van der Waals surface area contributed by atoms with Crippen molar-refractivity contribution in [1.82, 2.24) is 10.5 Å². The topological polar surface area (TPSA) is 44.7 Å². The lowest BCUT2D eigenvalue weighted by Gasteiger charge is -2.20. The predicted molar refractivity (Wildman–Crippen MR) is 89.2 cm³/mol. The van der Waals surface area contributed by atoms with Gasteiger partial charge >= 0.3 is 0 Å². The van der Waals surface area contributed by atoms with E-state index in [9.17, 15) is 0 Å². The molecule has 0 rings (SSSR count). The third-order valence-electron chi connectivity index (χ3n) is 3.78. The number of nitrogens with one attached hydrogen (secondary N) is 1. The highest BCUT2D eigenvalue weighted by Crippen LogP contribution is 2.08. The van der Waals surface area contributed by atoms with Crippen LogP contribution >= 0.6 is 0 Å². The van der Waals surface area contributed by atoms with E-state index in [4.69, 9.17) is 10.0 Å². The smallest absolute Gasteiger partial charge is 0.0966 e. The fourth-order valence-electron chi connectivity index (χ4n) is 2.41. The molecule has 0 aliphatic heterocycles. The Labute approximate surface area is 132 Å². The molecule has 0 spiro atoms. The Morgan fingerprint density at radius 2 is 1.29 bits per heavy atom. The van der Waals surface area contributed by atoms with Crippen molar-refractivity contribution in [2.45, 2.75) is 90.9 Å². The average molecular weight is 303 g/mol. The van der Waals surface area contributed by atoms with Gasteiger partial charge in [0, 0.05) is 6.54 Å². The monoisotopic (exact) mass is 302 g/mol. The number of hydroxylamine groups is 3. The molecule has 0 unspecified atom stereocenters. The van der Waals surface area contributed by atoms with Gasteiger partial charge in [0.25, 0.3) is 0 Å². The SMILES string of the molecule is CCCCCCCCCON(CCCCCCC)CNO. The van der Waals surface area contributed by atoms with Gasteiger partial charge in [-0.1, -0.05) is 78.1 Å². The number of nitrogens with zero attached hydrogens (tertiary/aromatic N) is 1. The van der Waals surface area contributed by atoms with Crippen molar-refractivity contribution in [3.8, 4) is 0 Å². The van der Waals surface area contributed by atoms with Crippen molar-refractivity contribution in [3.63, 3.8) is 0 Å². The van der Waals surface area contributed by atoms with Crippen LogP contribution in [0.5, 0.6) is 0 Å². The molecule has 0 radical (unpaired) electrons. The summed E-state index contributed by atoms with van der Waals surface area (Å²) >= 11 is 0. The molecule has 4 nitrogen and oxygen atoms in total. The van der Waals surface area contributed by atoms with Gasteiger partial charge < -0.3 is 5.21 Å². The average Bonchev–Trinajstić information content (AvgIpc) is 2.49. The van der Waals surface area contributed by atoms with Crippen LogP contribution in [0.1, 0.15) is 90.9 Å². The Bertz CT molecular complexity index is 192. The standard InChI is InChI=1S/C17H38N2O2/c1-3-5-7-9-10-12-14-16-21-19(17-18-20)15-13-11-8-6-4-2/h18,20H,3-17H2,1-2H3. The molecule has 21 heavy (non-hydrogen) atoms. The van der Waals surface area contributed by atoms with Crippen LogP contribution in [0.25, 0.3) is 0 Å². The first-order chi connectivity index (χ1) is 10.3. The van der Waals surface area contributed by atoms with E-state index in [0.29, 0.717) is 6.67 Å². The Morgan fingerprint density at radius 3 is 1.86 bits per heavy atom. The molecule has 0 atom stereocenters. The summed E-state index contributed by atoms with van der Waals surface area (Å²) in [6, 6.07) is 0. The Balaban J connectivity index is 3.42. The van der Waals surface area contributed by atoms with Gasteiger partial charge in [0.2, 0.25) is 0 Å². The lowest BCUT2D eigenvalue weighted by atomic mass is 10.1. The van der Waals surface area contributed by atoms with Crippen molar-refractivity contribution in [2.24, 2.45) is 0 Å². The number of unbranched alkanes of at least 4 members (excludes halogenated alkanes) is 10. The van der Waals surface area contributed by atoms with Gasteiger partial charge in [0.1, 0.15) is 0 Å². The zero-order valence-electron chi connectivity index (χ0n) is 14.4. The first kappa shape index (κ1) is 20.8. The zero-order chi connectivity index (χ0) is 15.6. The molecule has 0 amide bonds. The molecular weight excluding hydrogens is 264 g/mol. The third-order valence-corrected chi connectivity index (χ3v) is 3.78. The number of hydrogen-bond donors (Lipinski definition) is 2. The summed E-state index contributed by atoms with van der Waals surface area (Å²) in [6.07, 6.45) is 15.4. The van der Waals surface area contributed by atoms with Crippen molar-refractivity contribution in [2.75, 3.05) is 19.8 Å². The van der Waals surface area contributed by atoms with Gasteiger partial charge in [-0.05, 0) is 12.8 Å². The maximum absolute atomic E-state index is 8.83. The third kappa shape index (κ3) is 16.0. The number of hydrogen-bond acceptors (Lipinski definition) is 4.